The number of hydrogen-bond acceptors (Lipinski definition) is 5. The van der Waals surface area contributed by atoms with Crippen molar-refractivity contribution >= 4 is 23.0 Å². The molecule has 202 valence electrons. The molecule has 8 nitrogen and oxygen atoms in total. The molecule has 1 unspecified atom stereocenters. The van der Waals surface area contributed by atoms with E-state index in [2.05, 4.69) is 22.1 Å². The summed E-state index contributed by atoms with van der Waals surface area (Å²) in [5.74, 6) is 1.51. The van der Waals surface area contributed by atoms with Gasteiger partial charge in [-0.05, 0) is 61.6 Å². The van der Waals surface area contributed by atoms with Crippen molar-refractivity contribution in [2.45, 2.75) is 38.1 Å². The number of imidazole rings is 1. The lowest BCUT2D eigenvalue weighted by atomic mass is 10.1. The fourth-order valence-electron chi connectivity index (χ4n) is 4.45. The van der Waals surface area contributed by atoms with Crippen LogP contribution in [0, 0.1) is 13.8 Å². The highest BCUT2D eigenvalue weighted by atomic mass is 32.2. The Morgan fingerprint density at radius 3 is 2.50 bits per heavy atom. The molecule has 1 atom stereocenters. The van der Waals surface area contributed by atoms with E-state index in [1.165, 1.54) is 5.69 Å². The molecular formula is C29H36N4O4S. The van der Waals surface area contributed by atoms with Crippen LogP contribution >= 0.6 is 0 Å². The highest BCUT2D eigenvalue weighted by Crippen LogP contribution is 2.26. The molecule has 0 saturated carbocycles. The van der Waals surface area contributed by atoms with Gasteiger partial charge in [-0.1, -0.05) is 30.3 Å². The second kappa shape index (κ2) is 12.5. The lowest BCUT2D eigenvalue weighted by molar-refractivity contribution is -0.135. The van der Waals surface area contributed by atoms with Gasteiger partial charge in [0.15, 0.2) is 0 Å². The third-order valence-electron chi connectivity index (χ3n) is 6.62. The highest BCUT2D eigenvalue weighted by molar-refractivity contribution is 7.82. The Hall–Kier alpha value is -3.27. The number of nitrogens with zero attached hydrogens (tertiary/aromatic N) is 3. The third kappa shape index (κ3) is 6.59. The van der Waals surface area contributed by atoms with Gasteiger partial charge in [0, 0.05) is 38.4 Å². The molecule has 0 aliphatic heterocycles. The van der Waals surface area contributed by atoms with E-state index in [1.54, 1.807) is 30.4 Å². The van der Waals surface area contributed by atoms with Crippen LogP contribution in [0.3, 0.4) is 0 Å². The van der Waals surface area contributed by atoms with E-state index in [-0.39, 0.29) is 12.5 Å². The minimum atomic E-state index is -1.33. The van der Waals surface area contributed by atoms with Gasteiger partial charge in [0.25, 0.3) is 0 Å². The zero-order valence-electron chi connectivity index (χ0n) is 22.7. The number of likely N-dealkylation sites (N-methyl/N-ethyl adjacent to an activating group) is 2. The van der Waals surface area contributed by atoms with Crippen LogP contribution in [0.25, 0.3) is 17.5 Å². The number of carbonyl (C=O) groups is 1. The van der Waals surface area contributed by atoms with Gasteiger partial charge in [0.2, 0.25) is 5.91 Å². The smallest absolute Gasteiger partial charge is 0.248 e. The zero-order chi connectivity index (χ0) is 27.2. The Morgan fingerprint density at radius 1 is 1.13 bits per heavy atom. The Balaban J connectivity index is 1.22. The first-order valence-electron chi connectivity index (χ1n) is 12.7. The van der Waals surface area contributed by atoms with E-state index < -0.39 is 11.0 Å². The molecule has 0 saturated heterocycles. The maximum absolute atomic E-state index is 13.0. The van der Waals surface area contributed by atoms with Gasteiger partial charge in [-0.3, -0.25) is 4.79 Å². The predicted molar refractivity (Wildman–Crippen MR) is 150 cm³/mol. The summed E-state index contributed by atoms with van der Waals surface area (Å²) in [5, 5.41) is 0. The summed E-state index contributed by atoms with van der Waals surface area (Å²) in [6, 6.07) is 11.9. The van der Waals surface area contributed by atoms with Gasteiger partial charge < -0.3 is 19.4 Å². The van der Waals surface area contributed by atoms with Crippen molar-refractivity contribution in [1.29, 1.82) is 0 Å². The van der Waals surface area contributed by atoms with Gasteiger partial charge in [-0.2, -0.15) is 0 Å². The van der Waals surface area contributed by atoms with Crippen molar-refractivity contribution in [2.75, 3.05) is 41.0 Å². The Labute approximate surface area is 227 Å². The van der Waals surface area contributed by atoms with Crippen molar-refractivity contribution in [3.63, 3.8) is 0 Å². The molecule has 9 heteroatoms. The van der Waals surface area contributed by atoms with Gasteiger partial charge in [0.05, 0.1) is 24.3 Å². The van der Waals surface area contributed by atoms with Crippen molar-refractivity contribution in [1.82, 2.24) is 19.2 Å². The van der Waals surface area contributed by atoms with Gasteiger partial charge in [0.1, 0.15) is 29.2 Å². The largest absolute Gasteiger partial charge is 0.497 e. The van der Waals surface area contributed by atoms with Crippen LogP contribution in [0.4, 0.5) is 0 Å². The van der Waals surface area contributed by atoms with Crippen molar-refractivity contribution in [2.24, 2.45) is 0 Å². The molecule has 0 bridgehead atoms. The number of benzene rings is 2. The quantitative estimate of drug-likeness (QED) is 0.370. The molecule has 2 aromatic carbocycles. The molecule has 1 amide bonds. The molecule has 38 heavy (non-hydrogen) atoms. The summed E-state index contributed by atoms with van der Waals surface area (Å²) in [6.45, 7) is 5.04. The Morgan fingerprint density at radius 2 is 1.84 bits per heavy atom. The predicted octanol–water partition coefficient (Wildman–Crippen LogP) is 4.29. The summed E-state index contributed by atoms with van der Waals surface area (Å²) >= 11 is 0. The first-order chi connectivity index (χ1) is 18.3. The number of fused-ring (bicyclic) bond motifs is 1. The molecule has 1 aromatic heterocycles. The first kappa shape index (κ1) is 27.8. The van der Waals surface area contributed by atoms with E-state index in [1.807, 2.05) is 50.2 Å². The molecule has 0 spiro atoms. The number of hydrogen-bond donors (Lipinski definition) is 1. The number of amides is 1. The summed E-state index contributed by atoms with van der Waals surface area (Å²) in [6.07, 6.45) is 6.24. The van der Waals surface area contributed by atoms with Crippen LogP contribution in [0.15, 0.2) is 47.4 Å². The van der Waals surface area contributed by atoms with Crippen LogP contribution < -0.4 is 4.74 Å². The monoisotopic (exact) mass is 536 g/mol. The number of aromatic nitrogens is 2. The topological polar surface area (TPSA) is 87.8 Å². The zero-order valence-corrected chi connectivity index (χ0v) is 23.6. The van der Waals surface area contributed by atoms with E-state index in [0.717, 1.165) is 57.3 Å². The number of ether oxygens (including phenoxy) is 2. The Kier molecular flexibility index (Phi) is 9.14. The third-order valence-corrected chi connectivity index (χ3v) is 8.37. The van der Waals surface area contributed by atoms with Crippen LogP contribution in [-0.2, 0) is 33.5 Å². The highest BCUT2D eigenvalue weighted by Gasteiger charge is 2.18. The molecule has 1 heterocycles. The molecule has 1 N–H and O–H groups in total. The molecule has 1 aliphatic rings. The fraction of sp³-hybridized carbons (Fsp3) is 0.379. The van der Waals surface area contributed by atoms with Crippen molar-refractivity contribution in [3.05, 3.63) is 70.6 Å². The minimum absolute atomic E-state index is 0.0267. The summed E-state index contributed by atoms with van der Waals surface area (Å²) < 4.78 is 25.7. The number of rotatable bonds is 11. The van der Waals surface area contributed by atoms with Gasteiger partial charge >= 0.3 is 0 Å². The summed E-state index contributed by atoms with van der Waals surface area (Å²) in [7, 11) is 3.84. The van der Waals surface area contributed by atoms with E-state index in [0.29, 0.717) is 19.7 Å². The number of methoxy groups -OCH3 is 1. The standard InChI is InChI=1S/C29H36N4O4S/c1-20-16-24(36-5)17-21(2)28(20)38(35)33(4)14-15-37-19-27(34)32(3)18-22-10-12-23(13-11-22)29-30-25-8-6-7-9-26(25)31-29/h6,8,10-13,16-17H,7,9,14-15,18-19H2,1-5H3,(H,30,31). The second-order valence-electron chi connectivity index (χ2n) is 9.58. The average Bonchev–Trinajstić information content (AvgIpc) is 3.35. The molecule has 4 rings (SSSR count). The van der Waals surface area contributed by atoms with Crippen LogP contribution in [-0.4, -0.2) is 70.3 Å². The first-order valence-corrected chi connectivity index (χ1v) is 13.8. The van der Waals surface area contributed by atoms with Crippen LogP contribution in [0.1, 0.15) is 34.5 Å². The number of nitrogens with one attached hydrogen (secondary N) is 1. The molecule has 1 aliphatic carbocycles. The lowest BCUT2D eigenvalue weighted by Gasteiger charge is -2.20. The van der Waals surface area contributed by atoms with E-state index >= 15 is 0 Å². The normalized spacial score (nSPS) is 13.4. The number of carbonyl (C=O) groups excluding carboxylic acids is 1. The number of allylic oxidation sites excluding steroid dienone is 1. The SMILES string of the molecule is COc1cc(C)c(S(=O)N(C)CCOCC(=O)N(C)Cc2ccc(-c3nc4c([nH]3)CCC=C4)cc2)c(C)c1. The maximum Gasteiger partial charge on any atom is 0.248 e. The van der Waals surface area contributed by atoms with Crippen molar-refractivity contribution in [3.8, 4) is 17.1 Å². The second-order valence-corrected chi connectivity index (χ2v) is 11.1. The summed E-state index contributed by atoms with van der Waals surface area (Å²) in [4.78, 5) is 23.1. The molecule has 0 fully saturated rings. The van der Waals surface area contributed by atoms with Crippen LogP contribution in [0.5, 0.6) is 5.75 Å². The van der Waals surface area contributed by atoms with Crippen molar-refractivity contribution < 1.29 is 18.5 Å². The molecule has 0 radical (unpaired) electrons. The number of aryl methyl sites for hydroxylation is 3. The lowest BCUT2D eigenvalue weighted by Crippen LogP contribution is -2.32. The minimum Gasteiger partial charge on any atom is -0.497 e. The molecule has 3 aromatic rings. The fourth-order valence-corrected chi connectivity index (χ4v) is 5.67. The van der Waals surface area contributed by atoms with Gasteiger partial charge in [-0.15, -0.1) is 0 Å². The summed E-state index contributed by atoms with van der Waals surface area (Å²) in [5.41, 5.74) is 6.08. The van der Waals surface area contributed by atoms with Crippen LogP contribution in [0.2, 0.25) is 0 Å². The van der Waals surface area contributed by atoms with E-state index in [9.17, 15) is 9.00 Å². The van der Waals surface area contributed by atoms with E-state index in [4.69, 9.17) is 9.47 Å². The molecular weight excluding hydrogens is 500 g/mol. The average molecular weight is 537 g/mol. The maximum atomic E-state index is 13.0. The van der Waals surface area contributed by atoms with Gasteiger partial charge in [-0.25, -0.2) is 13.5 Å². The number of aromatic amines is 1. The number of H-pyrrole nitrogens is 1. The Bertz CT molecular complexity index is 1310.